The summed E-state index contributed by atoms with van der Waals surface area (Å²) in [6.07, 6.45) is 8.64. The molecule has 1 N–H and O–H groups in total. The van der Waals surface area contributed by atoms with Crippen molar-refractivity contribution in [1.82, 2.24) is 4.90 Å². The highest BCUT2D eigenvalue weighted by molar-refractivity contribution is 8.02. The van der Waals surface area contributed by atoms with E-state index in [4.69, 9.17) is 4.74 Å². The van der Waals surface area contributed by atoms with Crippen LogP contribution in [0.5, 0.6) is 0 Å². The Hall–Kier alpha value is -2.58. The van der Waals surface area contributed by atoms with Gasteiger partial charge in [-0.2, -0.15) is 0 Å². The summed E-state index contributed by atoms with van der Waals surface area (Å²) < 4.78 is 4.59. The molecule has 4 rings (SSSR count). The van der Waals surface area contributed by atoms with Gasteiger partial charge in [0.15, 0.2) is 0 Å². The molecule has 3 heterocycles. The van der Waals surface area contributed by atoms with E-state index in [1.165, 1.54) is 0 Å². The minimum atomic E-state index is -0.708. The zero-order valence-corrected chi connectivity index (χ0v) is 25.0. The summed E-state index contributed by atoms with van der Waals surface area (Å²) in [4.78, 5) is 45.9. The normalized spacial score (nSPS) is 28.4. The Balaban J connectivity index is 1.71. The molecule has 2 amide bonds. The van der Waals surface area contributed by atoms with Crippen molar-refractivity contribution < 1.29 is 24.2 Å². The zero-order chi connectivity index (χ0) is 29.1. The molecule has 3 aliphatic heterocycles. The molecule has 3 saturated heterocycles. The van der Waals surface area contributed by atoms with Gasteiger partial charge in [-0.3, -0.25) is 14.4 Å². The topological polar surface area (TPSA) is 87.1 Å². The molecule has 3 fully saturated rings. The number of rotatable bonds is 14. The maximum Gasteiger partial charge on any atom is 0.311 e. The number of aryl methyl sites for hydroxylation is 2. The number of likely N-dealkylation sites (tertiary alicyclic amines) is 1. The van der Waals surface area contributed by atoms with E-state index in [0.717, 1.165) is 42.5 Å². The number of hydrogen-bond acceptors (Lipinski definition) is 6. The van der Waals surface area contributed by atoms with Crippen molar-refractivity contribution in [2.45, 2.75) is 81.3 Å². The van der Waals surface area contributed by atoms with Crippen LogP contribution in [0.15, 0.2) is 43.5 Å². The number of hydrogen-bond donors (Lipinski definition) is 1. The van der Waals surface area contributed by atoms with Crippen LogP contribution in [-0.4, -0.2) is 69.6 Å². The molecular weight excluding hydrogens is 524 g/mol. The third-order valence-electron chi connectivity index (χ3n) is 8.85. The molecule has 1 aromatic rings. The lowest BCUT2D eigenvalue weighted by Crippen LogP contribution is -2.55. The van der Waals surface area contributed by atoms with Crippen molar-refractivity contribution in [2.75, 3.05) is 31.2 Å². The Morgan fingerprint density at radius 2 is 1.95 bits per heavy atom. The number of benzene rings is 1. The standard InChI is InChI=1S/C32H44N2O5S/c1-6-8-9-12-20-39-30(38)26-25-28(36)34(18-10-11-19-35)27(32(25)16-15-31(26,5)40-32)29(37)33(17-7-2)24-21-22(3)13-14-23(24)4/h6-7,13-14,21,25-27,35H,1-2,8-12,15-20H2,3-5H3/t25-,26-,27?,31+,32?/m0/s1. The average molecular weight is 569 g/mol. The molecule has 2 unspecified atom stereocenters. The van der Waals surface area contributed by atoms with E-state index in [0.29, 0.717) is 39.0 Å². The van der Waals surface area contributed by atoms with Crippen LogP contribution in [0.25, 0.3) is 0 Å². The van der Waals surface area contributed by atoms with Gasteiger partial charge in [-0.1, -0.05) is 24.3 Å². The van der Waals surface area contributed by atoms with Gasteiger partial charge in [-0.15, -0.1) is 24.9 Å². The van der Waals surface area contributed by atoms with Gasteiger partial charge in [0.25, 0.3) is 5.91 Å². The SMILES string of the molecule is C=CCCCCOC(=O)[C@@H]1[C@H]2C(=O)N(CCCCO)C(C(=O)N(CC=C)c3cc(C)ccc3C)C23CC[C@@]1(C)S3. The van der Waals surface area contributed by atoms with Crippen LogP contribution < -0.4 is 4.90 Å². The number of carbonyl (C=O) groups excluding carboxylic acids is 3. The number of aliphatic hydroxyl groups is 1. The highest BCUT2D eigenvalue weighted by atomic mass is 32.2. The highest BCUT2D eigenvalue weighted by Gasteiger charge is 2.77. The van der Waals surface area contributed by atoms with Crippen molar-refractivity contribution in [1.29, 1.82) is 0 Å². The second-order valence-corrected chi connectivity index (χ2v) is 13.6. The molecule has 0 radical (unpaired) electrons. The van der Waals surface area contributed by atoms with Gasteiger partial charge in [0.05, 0.1) is 23.2 Å². The Morgan fingerprint density at radius 1 is 1.18 bits per heavy atom. The molecule has 40 heavy (non-hydrogen) atoms. The summed E-state index contributed by atoms with van der Waals surface area (Å²) in [6.45, 7) is 14.7. The quantitative estimate of drug-likeness (QED) is 0.194. The average Bonchev–Trinajstić information content (AvgIpc) is 3.49. The van der Waals surface area contributed by atoms with Crippen molar-refractivity contribution in [3.63, 3.8) is 0 Å². The van der Waals surface area contributed by atoms with E-state index in [9.17, 15) is 19.5 Å². The van der Waals surface area contributed by atoms with E-state index in [1.54, 1.807) is 27.6 Å². The van der Waals surface area contributed by atoms with E-state index < -0.39 is 27.4 Å². The molecule has 1 aromatic carbocycles. The van der Waals surface area contributed by atoms with Crippen molar-refractivity contribution in [3.8, 4) is 0 Å². The summed E-state index contributed by atoms with van der Waals surface area (Å²) in [7, 11) is 0. The van der Waals surface area contributed by atoms with Crippen LogP contribution in [0, 0.1) is 25.7 Å². The fourth-order valence-corrected chi connectivity index (χ4v) is 9.28. The van der Waals surface area contributed by atoms with E-state index in [2.05, 4.69) is 20.1 Å². The first-order valence-corrected chi connectivity index (χ1v) is 15.4. The lowest BCUT2D eigenvalue weighted by Gasteiger charge is -2.37. The number of fused-ring (bicyclic) bond motifs is 1. The number of ether oxygens (including phenoxy) is 1. The van der Waals surface area contributed by atoms with Gasteiger partial charge in [-0.05, 0) is 82.9 Å². The first-order chi connectivity index (χ1) is 19.1. The molecule has 1 spiro atoms. The molecule has 0 aliphatic carbocycles. The fourth-order valence-electron chi connectivity index (χ4n) is 6.94. The van der Waals surface area contributed by atoms with Crippen molar-refractivity contribution in [3.05, 3.63) is 54.6 Å². The number of amides is 2. The van der Waals surface area contributed by atoms with Crippen LogP contribution >= 0.6 is 11.8 Å². The molecule has 0 saturated carbocycles. The summed E-state index contributed by atoms with van der Waals surface area (Å²) in [5.74, 6) is -1.80. The van der Waals surface area contributed by atoms with Crippen molar-refractivity contribution >= 4 is 35.2 Å². The lowest BCUT2D eigenvalue weighted by molar-refractivity contribution is -0.155. The number of unbranched alkanes of at least 4 members (excludes halogenated alkanes) is 3. The molecular formula is C32H44N2O5S. The molecule has 218 valence electrons. The zero-order valence-electron chi connectivity index (χ0n) is 24.2. The first-order valence-electron chi connectivity index (χ1n) is 14.5. The molecule has 2 bridgehead atoms. The monoisotopic (exact) mass is 568 g/mol. The highest BCUT2D eigenvalue weighted by Crippen LogP contribution is 2.71. The summed E-state index contributed by atoms with van der Waals surface area (Å²) in [5, 5.41) is 9.43. The molecule has 7 nitrogen and oxygen atoms in total. The van der Waals surface area contributed by atoms with Crippen LogP contribution in [0.3, 0.4) is 0 Å². The summed E-state index contributed by atoms with van der Waals surface area (Å²) in [5.41, 5.74) is 2.83. The van der Waals surface area contributed by atoms with E-state index >= 15 is 0 Å². The Morgan fingerprint density at radius 3 is 2.65 bits per heavy atom. The van der Waals surface area contributed by atoms with Gasteiger partial charge in [-0.25, -0.2) is 0 Å². The first kappa shape index (κ1) is 30.4. The molecule has 5 atom stereocenters. The van der Waals surface area contributed by atoms with Gasteiger partial charge in [0.2, 0.25) is 5.91 Å². The van der Waals surface area contributed by atoms with Gasteiger partial charge in [0.1, 0.15) is 6.04 Å². The number of anilines is 1. The largest absolute Gasteiger partial charge is 0.465 e. The predicted molar refractivity (Wildman–Crippen MR) is 160 cm³/mol. The second kappa shape index (κ2) is 12.5. The van der Waals surface area contributed by atoms with Crippen LogP contribution in [0.4, 0.5) is 5.69 Å². The Bertz CT molecular complexity index is 1150. The summed E-state index contributed by atoms with van der Waals surface area (Å²) in [6, 6.07) is 5.33. The van der Waals surface area contributed by atoms with Crippen molar-refractivity contribution in [2.24, 2.45) is 11.8 Å². The maximum atomic E-state index is 14.7. The molecule has 0 aromatic heterocycles. The maximum absolute atomic E-state index is 14.7. The third kappa shape index (κ3) is 5.37. The Labute approximate surface area is 243 Å². The Kier molecular flexibility index (Phi) is 9.51. The number of aliphatic hydroxyl groups excluding tert-OH is 1. The van der Waals surface area contributed by atoms with Gasteiger partial charge in [0, 0.05) is 30.1 Å². The summed E-state index contributed by atoms with van der Waals surface area (Å²) >= 11 is 1.66. The second-order valence-electron chi connectivity index (χ2n) is 11.7. The van der Waals surface area contributed by atoms with Crippen LogP contribution in [0.1, 0.15) is 63.0 Å². The minimum absolute atomic E-state index is 0.0217. The fraction of sp³-hybridized carbons (Fsp3) is 0.594. The number of esters is 1. The number of carbonyl (C=O) groups is 3. The van der Waals surface area contributed by atoms with E-state index in [1.807, 2.05) is 38.1 Å². The number of thioether (sulfide) groups is 1. The third-order valence-corrected chi connectivity index (χ3v) is 10.8. The molecule has 3 aliphatic rings. The lowest BCUT2D eigenvalue weighted by atomic mass is 9.66. The van der Waals surface area contributed by atoms with Gasteiger partial charge >= 0.3 is 5.97 Å². The van der Waals surface area contributed by atoms with E-state index in [-0.39, 0.29) is 24.4 Å². The smallest absolute Gasteiger partial charge is 0.311 e. The number of nitrogens with zero attached hydrogens (tertiary/aromatic N) is 2. The minimum Gasteiger partial charge on any atom is -0.465 e. The van der Waals surface area contributed by atoms with Crippen LogP contribution in [-0.2, 0) is 19.1 Å². The number of allylic oxidation sites excluding steroid dienone is 1. The van der Waals surface area contributed by atoms with Crippen LogP contribution in [0.2, 0.25) is 0 Å². The predicted octanol–water partition coefficient (Wildman–Crippen LogP) is 4.98. The van der Waals surface area contributed by atoms with Gasteiger partial charge < -0.3 is 19.6 Å². The molecule has 8 heteroatoms.